The molecular formula is C17H27NO3. The number of nitrogens with zero attached hydrogens (tertiary/aromatic N) is 1. The zero-order valence-electron chi connectivity index (χ0n) is 13.8. The van der Waals surface area contributed by atoms with E-state index in [0.717, 1.165) is 18.7 Å². The molecule has 1 aromatic rings. The summed E-state index contributed by atoms with van der Waals surface area (Å²) in [6.07, 6.45) is 1.00. The Morgan fingerprint density at radius 1 is 1.19 bits per heavy atom. The predicted octanol–water partition coefficient (Wildman–Crippen LogP) is 3.01. The van der Waals surface area contributed by atoms with E-state index in [1.54, 1.807) is 14.2 Å². The molecule has 4 nitrogen and oxygen atoms in total. The summed E-state index contributed by atoms with van der Waals surface area (Å²) in [5, 5.41) is 0. The number of Topliss-reactive ketones (excluding diaryl/α,β-unsaturated/α-hetero) is 1. The van der Waals surface area contributed by atoms with Crippen LogP contribution in [0.2, 0.25) is 0 Å². The molecule has 0 heterocycles. The smallest absolute Gasteiger partial charge is 0.179 e. The molecule has 4 heteroatoms. The quantitative estimate of drug-likeness (QED) is 0.656. The number of carbonyl (C=O) groups is 1. The zero-order valence-corrected chi connectivity index (χ0v) is 13.8. The molecule has 0 aliphatic heterocycles. The van der Waals surface area contributed by atoms with Crippen LogP contribution in [0.5, 0.6) is 5.75 Å². The largest absolute Gasteiger partial charge is 0.497 e. The van der Waals surface area contributed by atoms with Gasteiger partial charge in [0.2, 0.25) is 0 Å². The van der Waals surface area contributed by atoms with Gasteiger partial charge < -0.3 is 9.47 Å². The minimum atomic E-state index is -0.163. The highest BCUT2D eigenvalue weighted by atomic mass is 16.5. The zero-order chi connectivity index (χ0) is 15.8. The minimum absolute atomic E-state index is 0.133. The van der Waals surface area contributed by atoms with E-state index in [4.69, 9.17) is 9.47 Å². The summed E-state index contributed by atoms with van der Waals surface area (Å²) in [5.74, 6) is 0.895. The van der Waals surface area contributed by atoms with Gasteiger partial charge in [-0.15, -0.1) is 0 Å². The van der Waals surface area contributed by atoms with Crippen LogP contribution in [0.1, 0.15) is 37.6 Å². The Balaban J connectivity index is 2.84. The first-order chi connectivity index (χ1) is 10.0. The van der Waals surface area contributed by atoms with E-state index in [-0.39, 0.29) is 11.8 Å². The molecule has 21 heavy (non-hydrogen) atoms. The summed E-state index contributed by atoms with van der Waals surface area (Å²) in [7, 11) is 3.31. The summed E-state index contributed by atoms with van der Waals surface area (Å²) in [6.45, 7) is 7.63. The number of ether oxygens (including phenoxy) is 2. The van der Waals surface area contributed by atoms with Gasteiger partial charge in [-0.1, -0.05) is 6.92 Å². The topological polar surface area (TPSA) is 38.8 Å². The maximum absolute atomic E-state index is 12.6. The van der Waals surface area contributed by atoms with Gasteiger partial charge in [0, 0.05) is 25.3 Å². The second kappa shape index (κ2) is 8.80. The summed E-state index contributed by atoms with van der Waals surface area (Å²) in [4.78, 5) is 14.9. The normalized spacial score (nSPS) is 14.0. The Morgan fingerprint density at radius 3 is 2.29 bits per heavy atom. The van der Waals surface area contributed by atoms with Crippen molar-refractivity contribution in [3.8, 4) is 5.75 Å². The van der Waals surface area contributed by atoms with Crippen LogP contribution in [0.3, 0.4) is 0 Å². The molecular weight excluding hydrogens is 266 g/mol. The fraction of sp³-hybridized carbons (Fsp3) is 0.588. The molecule has 1 rings (SSSR count). The van der Waals surface area contributed by atoms with Gasteiger partial charge in [-0.05, 0) is 44.5 Å². The average molecular weight is 293 g/mol. The third kappa shape index (κ3) is 4.83. The number of hydrogen-bond acceptors (Lipinski definition) is 4. The van der Waals surface area contributed by atoms with Crippen LogP contribution in [0.15, 0.2) is 24.3 Å². The van der Waals surface area contributed by atoms with Gasteiger partial charge in [0.15, 0.2) is 5.78 Å². The van der Waals surface area contributed by atoms with Crippen molar-refractivity contribution in [2.24, 2.45) is 0 Å². The van der Waals surface area contributed by atoms with Crippen molar-refractivity contribution in [2.75, 3.05) is 27.4 Å². The van der Waals surface area contributed by atoms with Crippen molar-refractivity contribution >= 4 is 5.78 Å². The molecule has 0 amide bonds. The van der Waals surface area contributed by atoms with E-state index < -0.39 is 0 Å². The third-order valence-corrected chi connectivity index (χ3v) is 3.96. The molecule has 2 atom stereocenters. The Hall–Kier alpha value is -1.39. The van der Waals surface area contributed by atoms with Crippen molar-refractivity contribution in [1.29, 1.82) is 0 Å². The number of methoxy groups -OCH3 is 2. The lowest BCUT2D eigenvalue weighted by Crippen LogP contribution is -2.46. The molecule has 0 aliphatic carbocycles. The Morgan fingerprint density at radius 2 is 1.81 bits per heavy atom. The number of rotatable bonds is 9. The molecule has 1 aromatic carbocycles. The molecule has 118 valence electrons. The maximum atomic E-state index is 12.6. The number of ketones is 1. The molecule has 0 bridgehead atoms. The van der Waals surface area contributed by atoms with Gasteiger partial charge >= 0.3 is 0 Å². The highest BCUT2D eigenvalue weighted by molar-refractivity contribution is 5.99. The van der Waals surface area contributed by atoms with E-state index in [1.165, 1.54) is 0 Å². The predicted molar refractivity (Wildman–Crippen MR) is 85.1 cm³/mol. The lowest BCUT2D eigenvalue weighted by molar-refractivity contribution is 0.0668. The van der Waals surface area contributed by atoms with Gasteiger partial charge in [-0.25, -0.2) is 0 Å². The fourth-order valence-electron chi connectivity index (χ4n) is 2.37. The Bertz CT molecular complexity index is 430. The van der Waals surface area contributed by atoms with Crippen LogP contribution in [-0.4, -0.2) is 50.1 Å². The third-order valence-electron chi connectivity index (χ3n) is 3.96. The lowest BCUT2D eigenvalue weighted by atomic mass is 10.0. The van der Waals surface area contributed by atoms with E-state index in [0.29, 0.717) is 18.2 Å². The molecule has 0 spiro atoms. The van der Waals surface area contributed by atoms with Gasteiger partial charge in [0.05, 0.1) is 19.8 Å². The first-order valence-corrected chi connectivity index (χ1v) is 7.48. The molecule has 0 aromatic heterocycles. The molecule has 0 saturated heterocycles. The van der Waals surface area contributed by atoms with Gasteiger partial charge in [0.1, 0.15) is 5.75 Å². The SMILES string of the molecule is CCC(C)N(CCOC)C(C)C(=O)c1ccc(OC)cc1. The van der Waals surface area contributed by atoms with Crippen molar-refractivity contribution in [2.45, 2.75) is 39.3 Å². The van der Waals surface area contributed by atoms with Crippen LogP contribution in [0, 0.1) is 0 Å². The lowest BCUT2D eigenvalue weighted by Gasteiger charge is -2.33. The first-order valence-electron chi connectivity index (χ1n) is 7.48. The van der Waals surface area contributed by atoms with Crippen LogP contribution in [0.25, 0.3) is 0 Å². The van der Waals surface area contributed by atoms with Crippen LogP contribution in [-0.2, 0) is 4.74 Å². The van der Waals surface area contributed by atoms with E-state index >= 15 is 0 Å². The summed E-state index contributed by atoms with van der Waals surface area (Å²) in [6, 6.07) is 7.47. The van der Waals surface area contributed by atoms with Crippen molar-refractivity contribution < 1.29 is 14.3 Å². The molecule has 0 radical (unpaired) electrons. The Kier molecular flexibility index (Phi) is 7.40. The van der Waals surface area contributed by atoms with E-state index in [1.807, 2.05) is 31.2 Å². The summed E-state index contributed by atoms with van der Waals surface area (Å²) >= 11 is 0. The second-order valence-corrected chi connectivity index (χ2v) is 5.26. The average Bonchev–Trinajstić information content (AvgIpc) is 2.53. The standard InChI is InChI=1S/C17H27NO3/c1-6-13(2)18(11-12-20-4)14(3)17(19)15-7-9-16(21-5)10-8-15/h7-10,13-14H,6,11-12H2,1-5H3. The summed E-state index contributed by atoms with van der Waals surface area (Å²) in [5.41, 5.74) is 0.717. The number of carbonyl (C=O) groups excluding carboxylic acids is 1. The molecule has 0 saturated carbocycles. The highest BCUT2D eigenvalue weighted by Gasteiger charge is 2.25. The molecule has 0 fully saturated rings. The van der Waals surface area contributed by atoms with E-state index in [9.17, 15) is 4.79 Å². The highest BCUT2D eigenvalue weighted by Crippen LogP contribution is 2.17. The Labute approximate surface area is 128 Å². The van der Waals surface area contributed by atoms with Crippen molar-refractivity contribution in [1.82, 2.24) is 4.90 Å². The second-order valence-electron chi connectivity index (χ2n) is 5.26. The molecule has 0 aliphatic rings. The maximum Gasteiger partial charge on any atom is 0.179 e. The first kappa shape index (κ1) is 17.7. The minimum Gasteiger partial charge on any atom is -0.497 e. The van der Waals surface area contributed by atoms with Crippen LogP contribution >= 0.6 is 0 Å². The summed E-state index contributed by atoms with van der Waals surface area (Å²) < 4.78 is 10.3. The van der Waals surface area contributed by atoms with E-state index in [2.05, 4.69) is 18.7 Å². The van der Waals surface area contributed by atoms with Crippen molar-refractivity contribution in [3.05, 3.63) is 29.8 Å². The van der Waals surface area contributed by atoms with Gasteiger partial charge in [-0.2, -0.15) is 0 Å². The van der Waals surface area contributed by atoms with Gasteiger partial charge in [0.25, 0.3) is 0 Å². The number of benzene rings is 1. The number of hydrogen-bond donors (Lipinski definition) is 0. The molecule has 0 N–H and O–H groups in total. The van der Waals surface area contributed by atoms with Crippen molar-refractivity contribution in [3.63, 3.8) is 0 Å². The molecule has 2 unspecified atom stereocenters. The monoisotopic (exact) mass is 293 g/mol. The van der Waals surface area contributed by atoms with Crippen LogP contribution in [0.4, 0.5) is 0 Å². The van der Waals surface area contributed by atoms with Gasteiger partial charge in [-0.3, -0.25) is 9.69 Å². The van der Waals surface area contributed by atoms with Crippen LogP contribution < -0.4 is 4.74 Å². The fourth-order valence-corrected chi connectivity index (χ4v) is 2.37.